The Hall–Kier alpha value is -8.61. The van der Waals surface area contributed by atoms with E-state index in [4.69, 9.17) is 21.5 Å². The van der Waals surface area contributed by atoms with E-state index in [0.717, 1.165) is 88.1 Å². The molecule has 0 aliphatic rings. The Bertz CT molecular complexity index is 4430. The zero-order valence-corrected chi connectivity index (χ0v) is 48.8. The first-order valence-corrected chi connectivity index (χ1v) is 28.2. The summed E-state index contributed by atoms with van der Waals surface area (Å²) in [4.78, 5) is 16.8. The van der Waals surface area contributed by atoms with E-state index in [1.807, 2.05) is 12.1 Å². The van der Waals surface area contributed by atoms with Crippen molar-refractivity contribution >= 4 is 67.2 Å². The highest BCUT2D eigenvalue weighted by Crippen LogP contribution is 2.48. The molecule has 6 nitrogen and oxygen atoms in total. The van der Waals surface area contributed by atoms with Gasteiger partial charge in [0, 0.05) is 49.0 Å². The maximum atomic E-state index is 5.75. The quantitative estimate of drug-likeness (QED) is 0.160. The molecule has 6 heteroatoms. The Morgan fingerprint density at radius 1 is 0.425 bits per heavy atom. The molecule has 398 valence electrons. The molecule has 0 spiro atoms. The van der Waals surface area contributed by atoms with Crippen LogP contribution >= 0.6 is 0 Å². The first-order chi connectivity index (χ1) is 38.1. The van der Waals surface area contributed by atoms with Gasteiger partial charge in [-0.05, 0) is 112 Å². The van der Waals surface area contributed by atoms with Crippen LogP contribution < -0.4 is 10.6 Å². The highest BCUT2D eigenvalue weighted by atomic mass is 15.1. The van der Waals surface area contributed by atoms with Crippen LogP contribution in [0.15, 0.2) is 188 Å². The normalized spacial score (nSPS) is 13.3. The summed E-state index contributed by atoms with van der Waals surface area (Å²) in [6.45, 7) is 34.8. The van der Waals surface area contributed by atoms with Crippen molar-refractivity contribution in [2.75, 3.05) is 0 Å². The van der Waals surface area contributed by atoms with Gasteiger partial charge in [0.1, 0.15) is 0 Å². The smallest absolute Gasteiger partial charge is 0.168 e. The molecule has 0 N–H and O–H groups in total. The van der Waals surface area contributed by atoms with Crippen molar-refractivity contribution in [1.29, 1.82) is 0 Å². The molecule has 4 aromatic heterocycles. The number of fused-ring (bicyclic) bond motifs is 7. The molecule has 12 rings (SSSR count). The SMILES string of the molecule is C=c1/c(=C\C=C(/C)C(C)(C)C)n(-c2cc3c4ccccc4n(-c4ccccc4)c3c(-n3c4ccc(C(C)(C)C)cc4c4cc(C(C)(C)C)ccc43)c2-c2nc(-c3ccccc3)nc(-c3ccccc3)n2)c2ccc(C(C)(C)C)cc12. The van der Waals surface area contributed by atoms with Crippen LogP contribution in [0.5, 0.6) is 0 Å². The maximum absolute atomic E-state index is 5.75. The number of allylic oxidation sites excluding steroid dienone is 2. The minimum absolute atomic E-state index is 0.0621. The van der Waals surface area contributed by atoms with Gasteiger partial charge in [0.05, 0.1) is 49.9 Å². The molecule has 0 saturated carbocycles. The van der Waals surface area contributed by atoms with Gasteiger partial charge in [-0.2, -0.15) is 0 Å². The number of rotatable bonds is 7. The summed E-state index contributed by atoms with van der Waals surface area (Å²) in [5.41, 5.74) is 15.6. The van der Waals surface area contributed by atoms with Crippen molar-refractivity contribution in [3.8, 4) is 51.2 Å². The van der Waals surface area contributed by atoms with E-state index < -0.39 is 0 Å². The van der Waals surface area contributed by atoms with Gasteiger partial charge in [0.15, 0.2) is 17.5 Å². The fourth-order valence-corrected chi connectivity index (χ4v) is 11.4. The van der Waals surface area contributed by atoms with Crippen LogP contribution in [0.2, 0.25) is 0 Å². The summed E-state index contributed by atoms with van der Waals surface area (Å²) in [7, 11) is 0. The molecule has 0 atom stereocenters. The maximum Gasteiger partial charge on any atom is 0.168 e. The minimum Gasteiger partial charge on any atom is -0.308 e. The molecule has 0 amide bonds. The first-order valence-electron chi connectivity index (χ1n) is 28.2. The summed E-state index contributed by atoms with van der Waals surface area (Å²) in [6.07, 6.45) is 4.59. The van der Waals surface area contributed by atoms with E-state index in [1.54, 1.807) is 0 Å². The second kappa shape index (κ2) is 19.0. The third kappa shape index (κ3) is 8.95. The third-order valence-corrected chi connectivity index (χ3v) is 16.5. The number of hydrogen-bond acceptors (Lipinski definition) is 3. The lowest BCUT2D eigenvalue weighted by molar-refractivity contribution is 0.504. The van der Waals surface area contributed by atoms with Crippen LogP contribution in [-0.4, -0.2) is 28.7 Å². The predicted octanol–water partition coefficient (Wildman–Crippen LogP) is 18.1. The Morgan fingerprint density at radius 3 is 1.36 bits per heavy atom. The molecule has 0 aliphatic heterocycles. The van der Waals surface area contributed by atoms with E-state index in [2.05, 4.69) is 280 Å². The molecular formula is C74H72N6. The molecule has 0 unspecified atom stereocenters. The molecule has 0 saturated heterocycles. The highest BCUT2D eigenvalue weighted by Gasteiger charge is 2.31. The average molecular weight is 1050 g/mol. The molecule has 0 fully saturated rings. The van der Waals surface area contributed by atoms with E-state index in [1.165, 1.54) is 33.0 Å². The standard InChI is InChI=1S/C74H72N6/c1-46(71(3,4)5)34-38-59-47(2)55-42-50(72(6,7)8)35-39-61(55)79(59)64-45-58-54-32-24-25-33-60(54)78(53-30-22-17-23-31-53)66(58)67(65(64)70-76-68(48-26-18-15-19-27-48)75-69(77-70)49-28-20-16-21-29-49)80-62-40-36-51(73(9,10)11)43-56(62)57-44-52(74(12,13)14)37-41-63(57)80/h15-45H,2H2,1,3-14H3/b46-34+,59-38+. The van der Waals surface area contributed by atoms with Crippen molar-refractivity contribution in [1.82, 2.24) is 28.7 Å². The van der Waals surface area contributed by atoms with Crippen molar-refractivity contribution in [2.24, 2.45) is 5.41 Å². The van der Waals surface area contributed by atoms with Crippen molar-refractivity contribution < 1.29 is 0 Å². The van der Waals surface area contributed by atoms with Crippen molar-refractivity contribution in [2.45, 2.75) is 106 Å². The Morgan fingerprint density at radius 2 is 0.863 bits per heavy atom. The number of para-hydroxylation sites is 2. The highest BCUT2D eigenvalue weighted by molar-refractivity contribution is 6.18. The summed E-state index contributed by atoms with van der Waals surface area (Å²) < 4.78 is 7.47. The van der Waals surface area contributed by atoms with Gasteiger partial charge in [0.25, 0.3) is 0 Å². The molecule has 80 heavy (non-hydrogen) atoms. The zero-order valence-electron chi connectivity index (χ0n) is 48.8. The summed E-state index contributed by atoms with van der Waals surface area (Å²) in [5, 5.41) is 7.64. The Kier molecular flexibility index (Phi) is 12.4. The largest absolute Gasteiger partial charge is 0.308 e. The molecule has 0 bridgehead atoms. The van der Waals surface area contributed by atoms with E-state index in [9.17, 15) is 0 Å². The van der Waals surface area contributed by atoms with Gasteiger partial charge in [-0.25, -0.2) is 15.0 Å². The topological polar surface area (TPSA) is 53.5 Å². The second-order valence-corrected chi connectivity index (χ2v) is 26.0. The summed E-state index contributed by atoms with van der Waals surface area (Å²) >= 11 is 0. The monoisotopic (exact) mass is 1040 g/mol. The number of benzene rings is 8. The predicted molar refractivity (Wildman–Crippen MR) is 340 cm³/mol. The fourth-order valence-electron chi connectivity index (χ4n) is 11.4. The van der Waals surface area contributed by atoms with Crippen LogP contribution in [0.25, 0.3) is 118 Å². The van der Waals surface area contributed by atoms with Gasteiger partial charge >= 0.3 is 0 Å². The summed E-state index contributed by atoms with van der Waals surface area (Å²) in [5.74, 6) is 1.72. The van der Waals surface area contributed by atoms with Crippen LogP contribution in [0, 0.1) is 5.41 Å². The minimum atomic E-state index is -0.103. The third-order valence-electron chi connectivity index (χ3n) is 16.5. The second-order valence-electron chi connectivity index (χ2n) is 26.0. The average Bonchev–Trinajstić information content (AvgIpc) is 4.20. The van der Waals surface area contributed by atoms with Gasteiger partial charge in [0.2, 0.25) is 0 Å². The Labute approximate surface area is 471 Å². The van der Waals surface area contributed by atoms with E-state index in [0.29, 0.717) is 17.5 Å². The lowest BCUT2D eigenvalue weighted by atomic mass is 9.85. The number of nitrogens with zero attached hydrogens (tertiary/aromatic N) is 6. The molecule has 0 aliphatic carbocycles. The molecular weight excluding hydrogens is 973 g/mol. The van der Waals surface area contributed by atoms with Gasteiger partial charge in [-0.3, -0.25) is 0 Å². The summed E-state index contributed by atoms with van der Waals surface area (Å²) in [6, 6.07) is 64.0. The molecule has 0 radical (unpaired) electrons. The molecule has 8 aromatic carbocycles. The zero-order chi connectivity index (χ0) is 56.2. The molecule has 12 aromatic rings. The van der Waals surface area contributed by atoms with Gasteiger partial charge in [-0.15, -0.1) is 0 Å². The molecule has 4 heterocycles. The van der Waals surface area contributed by atoms with Gasteiger partial charge < -0.3 is 13.7 Å². The number of hydrogen-bond donors (Lipinski definition) is 0. The van der Waals surface area contributed by atoms with Crippen molar-refractivity contribution in [3.63, 3.8) is 0 Å². The number of aromatic nitrogens is 6. The van der Waals surface area contributed by atoms with E-state index in [-0.39, 0.29) is 21.7 Å². The van der Waals surface area contributed by atoms with Crippen LogP contribution in [0.4, 0.5) is 0 Å². The lowest BCUT2D eigenvalue weighted by Crippen LogP contribution is -2.28. The fraction of sp³-hybridized carbons (Fsp3) is 0.230. The van der Waals surface area contributed by atoms with E-state index >= 15 is 0 Å². The van der Waals surface area contributed by atoms with Crippen LogP contribution in [0.3, 0.4) is 0 Å². The Balaban J connectivity index is 1.41. The lowest BCUT2D eigenvalue weighted by Gasteiger charge is -2.23. The van der Waals surface area contributed by atoms with Crippen LogP contribution in [-0.2, 0) is 16.2 Å². The van der Waals surface area contributed by atoms with Crippen LogP contribution in [0.1, 0.15) is 107 Å². The first kappa shape index (κ1) is 52.1. The van der Waals surface area contributed by atoms with Gasteiger partial charge in [-0.1, -0.05) is 217 Å². The van der Waals surface area contributed by atoms with Crippen molar-refractivity contribution in [3.05, 3.63) is 215 Å².